The molecule has 1 aliphatic rings. The number of carboxylic acid groups (broad SMARTS) is 1. The number of hydrogen-bond acceptors (Lipinski definition) is 4. The van der Waals surface area contributed by atoms with Gasteiger partial charge in [0.25, 0.3) is 0 Å². The zero-order chi connectivity index (χ0) is 15.2. The highest BCUT2D eigenvalue weighted by Crippen LogP contribution is 2.20. The van der Waals surface area contributed by atoms with Crippen LogP contribution in [0.1, 0.15) is 31.9 Å². The summed E-state index contributed by atoms with van der Waals surface area (Å²) in [5, 5.41) is 14.7. The predicted octanol–water partition coefficient (Wildman–Crippen LogP) is 1.43. The van der Waals surface area contributed by atoms with Crippen LogP contribution in [0.3, 0.4) is 0 Å². The van der Waals surface area contributed by atoms with Gasteiger partial charge in [0.05, 0.1) is 30.0 Å². The van der Waals surface area contributed by atoms with Crippen molar-refractivity contribution < 1.29 is 14.7 Å². The van der Waals surface area contributed by atoms with Crippen molar-refractivity contribution in [2.75, 3.05) is 11.9 Å². The fraction of sp³-hybridized carbons (Fsp3) is 0.533. The van der Waals surface area contributed by atoms with Crippen molar-refractivity contribution in [2.45, 2.75) is 38.6 Å². The van der Waals surface area contributed by atoms with Gasteiger partial charge in [-0.05, 0) is 37.4 Å². The third-order valence-electron chi connectivity index (χ3n) is 3.83. The lowest BCUT2D eigenvalue weighted by molar-refractivity contribution is -0.136. The first kappa shape index (κ1) is 15.4. The van der Waals surface area contributed by atoms with Gasteiger partial charge in [-0.15, -0.1) is 0 Å². The average molecular weight is 291 g/mol. The summed E-state index contributed by atoms with van der Waals surface area (Å²) in [5.74, 6) is -0.379. The van der Waals surface area contributed by atoms with Gasteiger partial charge < -0.3 is 15.7 Å². The molecule has 0 spiro atoms. The molecule has 0 bridgehead atoms. The monoisotopic (exact) mass is 291 g/mol. The predicted molar refractivity (Wildman–Crippen MR) is 79.0 cm³/mol. The van der Waals surface area contributed by atoms with Crippen LogP contribution >= 0.6 is 0 Å². The number of carboxylic acids is 1. The first-order valence-electron chi connectivity index (χ1n) is 7.29. The van der Waals surface area contributed by atoms with E-state index in [0.29, 0.717) is 17.3 Å². The van der Waals surface area contributed by atoms with Gasteiger partial charge in [0, 0.05) is 0 Å². The van der Waals surface area contributed by atoms with Crippen LogP contribution < -0.4 is 10.6 Å². The molecule has 3 N–H and O–H groups in total. The van der Waals surface area contributed by atoms with E-state index in [1.807, 2.05) is 0 Å². The van der Waals surface area contributed by atoms with Crippen LogP contribution in [-0.4, -0.2) is 34.6 Å². The number of hydrogen-bond donors (Lipinski definition) is 3. The van der Waals surface area contributed by atoms with Crippen molar-refractivity contribution in [3.05, 3.63) is 24.0 Å². The quantitative estimate of drug-likeness (QED) is 0.763. The number of amides is 1. The number of nitrogens with zero attached hydrogens (tertiary/aromatic N) is 1. The molecule has 1 amide bonds. The average Bonchev–Trinajstić information content (AvgIpc) is 2.49. The molecule has 1 fully saturated rings. The molecule has 0 radical (unpaired) electrons. The second-order valence-electron chi connectivity index (χ2n) is 5.40. The molecule has 1 saturated heterocycles. The van der Waals surface area contributed by atoms with Gasteiger partial charge >= 0.3 is 5.97 Å². The Balaban J connectivity index is 1.91. The van der Waals surface area contributed by atoms with E-state index in [0.717, 1.165) is 25.8 Å². The van der Waals surface area contributed by atoms with E-state index in [1.165, 1.54) is 6.20 Å². The summed E-state index contributed by atoms with van der Waals surface area (Å²) in [7, 11) is 0. The number of nitrogens with one attached hydrogen (secondary N) is 2. The molecule has 6 nitrogen and oxygen atoms in total. The second-order valence-corrected chi connectivity index (χ2v) is 5.40. The molecule has 0 aromatic carbocycles. The highest BCUT2D eigenvalue weighted by molar-refractivity contribution is 5.94. The van der Waals surface area contributed by atoms with Crippen LogP contribution in [0.25, 0.3) is 0 Å². The number of aromatic nitrogens is 1. The Morgan fingerprint density at radius 3 is 2.90 bits per heavy atom. The molecule has 1 aromatic rings. The Kier molecular flexibility index (Phi) is 5.27. The van der Waals surface area contributed by atoms with Gasteiger partial charge in [0.2, 0.25) is 5.91 Å². The summed E-state index contributed by atoms with van der Waals surface area (Å²) in [6.45, 7) is 3.02. The summed E-state index contributed by atoms with van der Waals surface area (Å²) < 4.78 is 0. The summed E-state index contributed by atoms with van der Waals surface area (Å²) >= 11 is 0. The minimum absolute atomic E-state index is 0.0547. The Bertz CT molecular complexity index is 501. The van der Waals surface area contributed by atoms with Crippen molar-refractivity contribution >= 4 is 17.6 Å². The van der Waals surface area contributed by atoms with Gasteiger partial charge in [0.15, 0.2) is 0 Å². The normalized spacial score (nSPS) is 21.8. The molecular formula is C15H21N3O3. The summed E-state index contributed by atoms with van der Waals surface area (Å²) in [6, 6.07) is 3.14. The topological polar surface area (TPSA) is 91.3 Å². The van der Waals surface area contributed by atoms with Crippen LogP contribution in [-0.2, 0) is 16.0 Å². The Labute approximate surface area is 124 Å². The number of aliphatic carboxylic acids is 1. The molecule has 2 atom stereocenters. The number of carbonyl (C=O) groups is 2. The van der Waals surface area contributed by atoms with Gasteiger partial charge in [-0.1, -0.05) is 13.3 Å². The standard InChI is InChI=1S/C15H21N3O3/c1-2-10-5-6-16-13(7-10)15(21)18-12-4-3-11(17-9-12)8-14(19)20/h3-4,9-10,13,16H,2,5-8H2,1H3,(H,18,21)(H,19,20). The zero-order valence-electron chi connectivity index (χ0n) is 12.1. The number of pyridine rings is 1. The van der Waals surface area contributed by atoms with Gasteiger partial charge in [-0.25, -0.2) is 0 Å². The molecule has 2 heterocycles. The van der Waals surface area contributed by atoms with E-state index >= 15 is 0 Å². The van der Waals surface area contributed by atoms with Crippen LogP contribution in [0.5, 0.6) is 0 Å². The summed E-state index contributed by atoms with van der Waals surface area (Å²) in [4.78, 5) is 26.8. The highest BCUT2D eigenvalue weighted by atomic mass is 16.4. The number of rotatable bonds is 5. The van der Waals surface area contributed by atoms with E-state index in [2.05, 4.69) is 22.5 Å². The molecule has 0 aliphatic carbocycles. The fourth-order valence-corrected chi connectivity index (χ4v) is 2.55. The van der Waals surface area contributed by atoms with E-state index in [9.17, 15) is 9.59 Å². The van der Waals surface area contributed by atoms with Crippen LogP contribution in [0.4, 0.5) is 5.69 Å². The van der Waals surface area contributed by atoms with Gasteiger partial charge in [0.1, 0.15) is 0 Å². The first-order valence-corrected chi connectivity index (χ1v) is 7.29. The Morgan fingerprint density at radius 1 is 1.48 bits per heavy atom. The first-order chi connectivity index (χ1) is 10.1. The molecule has 6 heteroatoms. The van der Waals surface area contributed by atoms with E-state index in [4.69, 9.17) is 5.11 Å². The number of carbonyl (C=O) groups excluding carboxylic acids is 1. The minimum Gasteiger partial charge on any atom is -0.481 e. The lowest BCUT2D eigenvalue weighted by Gasteiger charge is -2.28. The van der Waals surface area contributed by atoms with Crippen molar-refractivity contribution in [1.29, 1.82) is 0 Å². The Morgan fingerprint density at radius 2 is 2.29 bits per heavy atom. The van der Waals surface area contributed by atoms with Crippen LogP contribution in [0.2, 0.25) is 0 Å². The van der Waals surface area contributed by atoms with Crippen molar-refractivity contribution in [2.24, 2.45) is 5.92 Å². The molecule has 21 heavy (non-hydrogen) atoms. The lowest BCUT2D eigenvalue weighted by Crippen LogP contribution is -2.46. The van der Waals surface area contributed by atoms with E-state index in [1.54, 1.807) is 12.1 Å². The molecule has 1 aromatic heterocycles. The molecule has 2 unspecified atom stereocenters. The summed E-state index contributed by atoms with van der Waals surface area (Å²) in [5.41, 5.74) is 1.07. The Hall–Kier alpha value is -1.95. The highest BCUT2D eigenvalue weighted by Gasteiger charge is 2.25. The molecular weight excluding hydrogens is 270 g/mol. The number of anilines is 1. The maximum Gasteiger partial charge on any atom is 0.309 e. The third-order valence-corrected chi connectivity index (χ3v) is 3.83. The molecule has 114 valence electrons. The smallest absolute Gasteiger partial charge is 0.309 e. The van der Waals surface area contributed by atoms with E-state index < -0.39 is 5.97 Å². The third kappa shape index (κ3) is 4.53. The van der Waals surface area contributed by atoms with Crippen LogP contribution in [0.15, 0.2) is 18.3 Å². The van der Waals surface area contributed by atoms with Crippen LogP contribution in [0, 0.1) is 5.92 Å². The SMILES string of the molecule is CCC1CCNC(C(=O)Nc2ccc(CC(=O)O)nc2)C1. The lowest BCUT2D eigenvalue weighted by atomic mass is 9.90. The fourth-order valence-electron chi connectivity index (χ4n) is 2.55. The summed E-state index contributed by atoms with van der Waals surface area (Å²) in [6.07, 6.45) is 4.45. The maximum atomic E-state index is 12.2. The minimum atomic E-state index is -0.920. The second kappa shape index (κ2) is 7.17. The van der Waals surface area contributed by atoms with E-state index in [-0.39, 0.29) is 18.4 Å². The number of piperidine rings is 1. The van der Waals surface area contributed by atoms with Crippen molar-refractivity contribution in [3.63, 3.8) is 0 Å². The van der Waals surface area contributed by atoms with Gasteiger partial charge in [-0.3, -0.25) is 14.6 Å². The largest absolute Gasteiger partial charge is 0.481 e. The molecule has 0 saturated carbocycles. The maximum absolute atomic E-state index is 12.2. The zero-order valence-corrected chi connectivity index (χ0v) is 12.1. The van der Waals surface area contributed by atoms with Gasteiger partial charge in [-0.2, -0.15) is 0 Å². The van der Waals surface area contributed by atoms with Crippen molar-refractivity contribution in [3.8, 4) is 0 Å². The van der Waals surface area contributed by atoms with Crippen molar-refractivity contribution in [1.82, 2.24) is 10.3 Å². The molecule has 1 aliphatic heterocycles. The molecule has 2 rings (SSSR count).